The number of amides is 3. The van der Waals surface area contributed by atoms with Gasteiger partial charge in [0.25, 0.3) is 17.7 Å². The lowest BCUT2D eigenvalue weighted by Crippen LogP contribution is -2.52. The number of benzene rings is 2. The average Bonchev–Trinajstić information content (AvgIpc) is 3.01. The van der Waals surface area contributed by atoms with Gasteiger partial charge in [-0.15, -0.1) is 0 Å². The van der Waals surface area contributed by atoms with Crippen molar-refractivity contribution >= 4 is 46.7 Å². The molecule has 1 aliphatic heterocycles. The second kappa shape index (κ2) is 8.88. The Morgan fingerprint density at radius 3 is 2.41 bits per heavy atom. The fraction of sp³-hybridized carbons (Fsp3) is 0.250. The Morgan fingerprint density at radius 2 is 1.72 bits per heavy atom. The third-order valence-electron chi connectivity index (χ3n) is 5.83. The van der Waals surface area contributed by atoms with Crippen molar-refractivity contribution in [2.45, 2.75) is 19.8 Å². The van der Waals surface area contributed by atoms with Gasteiger partial charge in [-0.3, -0.25) is 19.2 Å². The number of allylic oxidation sites excluding steroid dienone is 2. The second-order valence-corrected chi connectivity index (χ2v) is 8.81. The number of halogens is 2. The molecule has 0 saturated carbocycles. The van der Waals surface area contributed by atoms with Gasteiger partial charge in [-0.1, -0.05) is 65.2 Å². The SMILES string of the molecule is CC1=CC[C@H]2C(=O)N(N(CC(=O)c3ccccc3)C(=O)c3ccc(Cl)cc3Cl)C(=O)[C@@H]2C1. The number of ketones is 1. The molecule has 3 amide bonds. The Bertz CT molecular complexity index is 1150. The Balaban J connectivity index is 1.72. The van der Waals surface area contributed by atoms with Crippen molar-refractivity contribution in [3.8, 4) is 0 Å². The molecule has 2 aromatic rings. The first-order valence-electron chi connectivity index (χ1n) is 10.2. The number of hydrazine groups is 1. The lowest BCUT2D eigenvalue weighted by Gasteiger charge is -2.30. The number of hydrogen-bond donors (Lipinski definition) is 0. The van der Waals surface area contributed by atoms with Crippen LogP contribution < -0.4 is 0 Å². The van der Waals surface area contributed by atoms with Crippen molar-refractivity contribution in [3.05, 3.63) is 81.4 Å². The van der Waals surface area contributed by atoms with E-state index in [-0.39, 0.29) is 10.6 Å². The largest absolute Gasteiger partial charge is 0.292 e. The smallest absolute Gasteiger partial charge is 0.274 e. The number of fused-ring (bicyclic) bond motifs is 1. The summed E-state index contributed by atoms with van der Waals surface area (Å²) in [6, 6.07) is 12.7. The Morgan fingerprint density at radius 1 is 1.03 bits per heavy atom. The van der Waals surface area contributed by atoms with E-state index in [9.17, 15) is 19.2 Å². The molecule has 8 heteroatoms. The van der Waals surface area contributed by atoms with E-state index in [1.807, 2.05) is 13.0 Å². The van der Waals surface area contributed by atoms with Crippen molar-refractivity contribution < 1.29 is 19.2 Å². The topological polar surface area (TPSA) is 74.8 Å². The van der Waals surface area contributed by atoms with Crippen molar-refractivity contribution in [3.63, 3.8) is 0 Å². The lowest BCUT2D eigenvalue weighted by atomic mass is 9.82. The van der Waals surface area contributed by atoms with Crippen molar-refractivity contribution in [2.75, 3.05) is 6.54 Å². The third kappa shape index (κ3) is 4.08. The molecule has 1 aliphatic carbocycles. The van der Waals surface area contributed by atoms with Crippen molar-refractivity contribution in [2.24, 2.45) is 11.8 Å². The van der Waals surface area contributed by atoms with E-state index in [1.54, 1.807) is 30.3 Å². The fourth-order valence-electron chi connectivity index (χ4n) is 4.14. The van der Waals surface area contributed by atoms with E-state index >= 15 is 0 Å². The van der Waals surface area contributed by atoms with Crippen LogP contribution in [0.15, 0.2) is 60.2 Å². The van der Waals surface area contributed by atoms with Gasteiger partial charge in [0.15, 0.2) is 5.78 Å². The van der Waals surface area contributed by atoms with Gasteiger partial charge in [-0.05, 0) is 38.0 Å². The molecule has 0 bridgehead atoms. The molecule has 2 aliphatic rings. The van der Waals surface area contributed by atoms with Crippen LogP contribution in [0.25, 0.3) is 0 Å². The highest BCUT2D eigenvalue weighted by molar-refractivity contribution is 6.36. The van der Waals surface area contributed by atoms with Gasteiger partial charge in [-0.2, -0.15) is 5.01 Å². The van der Waals surface area contributed by atoms with Gasteiger partial charge in [0, 0.05) is 10.6 Å². The van der Waals surface area contributed by atoms with Crippen LogP contribution in [0.2, 0.25) is 10.0 Å². The third-order valence-corrected chi connectivity index (χ3v) is 6.37. The molecule has 0 unspecified atom stereocenters. The summed E-state index contributed by atoms with van der Waals surface area (Å²) < 4.78 is 0. The first-order valence-corrected chi connectivity index (χ1v) is 10.9. The van der Waals surface area contributed by atoms with Crippen molar-refractivity contribution in [1.29, 1.82) is 0 Å². The molecular weight excluding hydrogens is 451 g/mol. The Kier molecular flexibility index (Phi) is 6.17. The molecule has 164 valence electrons. The quantitative estimate of drug-likeness (QED) is 0.364. The van der Waals surface area contributed by atoms with E-state index < -0.39 is 41.9 Å². The molecule has 0 radical (unpaired) electrons. The summed E-state index contributed by atoms with van der Waals surface area (Å²) in [4.78, 5) is 52.9. The van der Waals surface area contributed by atoms with Crippen LogP contribution in [0, 0.1) is 11.8 Å². The molecule has 4 rings (SSSR count). The fourth-order valence-corrected chi connectivity index (χ4v) is 4.63. The van der Waals surface area contributed by atoms with E-state index in [2.05, 4.69) is 0 Å². The molecule has 2 atom stereocenters. The first-order chi connectivity index (χ1) is 15.3. The summed E-state index contributed by atoms with van der Waals surface area (Å²) in [7, 11) is 0. The summed E-state index contributed by atoms with van der Waals surface area (Å²) in [6.07, 6.45) is 2.81. The summed E-state index contributed by atoms with van der Waals surface area (Å²) in [6.45, 7) is 1.43. The molecule has 0 aromatic heterocycles. The summed E-state index contributed by atoms with van der Waals surface area (Å²) in [5.74, 6) is -3.19. The maximum Gasteiger partial charge on any atom is 0.274 e. The highest BCUT2D eigenvalue weighted by atomic mass is 35.5. The van der Waals surface area contributed by atoms with Gasteiger partial charge >= 0.3 is 0 Å². The van der Waals surface area contributed by atoms with E-state index in [0.29, 0.717) is 23.4 Å². The maximum atomic E-state index is 13.5. The standard InChI is InChI=1S/C24H20Cl2N2O4/c1-14-7-9-17-19(11-14)24(32)28(23(17)31)27(13-21(29)15-5-3-2-4-6-15)22(30)18-10-8-16(25)12-20(18)26/h2-8,10,12,17,19H,9,11,13H2,1H3/t17-,19-/m1/s1. The zero-order valence-corrected chi connectivity index (χ0v) is 18.8. The van der Waals surface area contributed by atoms with Gasteiger partial charge in [0.1, 0.15) is 6.54 Å². The van der Waals surface area contributed by atoms with Crippen LogP contribution in [-0.4, -0.2) is 40.1 Å². The van der Waals surface area contributed by atoms with Gasteiger partial charge < -0.3 is 0 Å². The van der Waals surface area contributed by atoms with Crippen LogP contribution in [-0.2, 0) is 9.59 Å². The zero-order chi connectivity index (χ0) is 23.0. The van der Waals surface area contributed by atoms with Crippen LogP contribution >= 0.6 is 23.2 Å². The Labute approximate surface area is 195 Å². The number of carbonyl (C=O) groups excluding carboxylic acids is 4. The summed E-state index contributed by atoms with van der Waals surface area (Å²) >= 11 is 12.2. The van der Waals surface area contributed by atoms with Crippen LogP contribution in [0.5, 0.6) is 0 Å². The van der Waals surface area contributed by atoms with Crippen LogP contribution in [0.4, 0.5) is 0 Å². The summed E-state index contributed by atoms with van der Waals surface area (Å²) in [5, 5.41) is 2.16. The number of rotatable bonds is 5. The highest BCUT2D eigenvalue weighted by Crippen LogP contribution is 2.39. The highest BCUT2D eigenvalue weighted by Gasteiger charge is 2.51. The van der Waals surface area contributed by atoms with Gasteiger partial charge in [0.05, 0.1) is 22.4 Å². The minimum atomic E-state index is -0.721. The number of nitrogens with zero attached hydrogens (tertiary/aromatic N) is 2. The number of Topliss-reactive ketones (excluding diaryl/α,β-unsaturated/α-hetero) is 1. The number of hydrogen-bond acceptors (Lipinski definition) is 4. The number of carbonyl (C=O) groups is 4. The molecule has 0 N–H and O–H groups in total. The van der Waals surface area contributed by atoms with E-state index in [1.165, 1.54) is 18.2 Å². The molecule has 1 fully saturated rings. The maximum absolute atomic E-state index is 13.5. The Hall–Kier alpha value is -2.96. The van der Waals surface area contributed by atoms with Crippen molar-refractivity contribution in [1.82, 2.24) is 10.0 Å². The number of imide groups is 1. The lowest BCUT2D eigenvalue weighted by molar-refractivity contribution is -0.154. The van der Waals surface area contributed by atoms with Gasteiger partial charge in [-0.25, -0.2) is 5.01 Å². The molecular formula is C24H20Cl2N2O4. The molecule has 2 aromatic carbocycles. The monoisotopic (exact) mass is 470 g/mol. The molecule has 1 saturated heterocycles. The molecule has 32 heavy (non-hydrogen) atoms. The molecule has 0 spiro atoms. The predicted molar refractivity (Wildman–Crippen MR) is 120 cm³/mol. The van der Waals surface area contributed by atoms with E-state index in [4.69, 9.17) is 23.2 Å². The second-order valence-electron chi connectivity index (χ2n) is 7.97. The van der Waals surface area contributed by atoms with Crippen LogP contribution in [0.1, 0.15) is 40.5 Å². The molecule has 6 nitrogen and oxygen atoms in total. The average molecular weight is 471 g/mol. The predicted octanol–water partition coefficient (Wildman–Crippen LogP) is 4.57. The molecule has 1 heterocycles. The minimum Gasteiger partial charge on any atom is -0.292 e. The minimum absolute atomic E-state index is 0.0432. The van der Waals surface area contributed by atoms with E-state index in [0.717, 1.165) is 15.6 Å². The zero-order valence-electron chi connectivity index (χ0n) is 17.3. The first kappa shape index (κ1) is 22.2. The van der Waals surface area contributed by atoms with Gasteiger partial charge in [0.2, 0.25) is 0 Å². The summed E-state index contributed by atoms with van der Waals surface area (Å²) in [5.41, 5.74) is 1.43. The van der Waals surface area contributed by atoms with Crippen LogP contribution in [0.3, 0.4) is 0 Å². The normalized spacial score (nSPS) is 20.1.